The van der Waals surface area contributed by atoms with Crippen LogP contribution in [0.1, 0.15) is 16.8 Å². The molecule has 0 amide bonds. The highest BCUT2D eigenvalue weighted by Gasteiger charge is 2.25. The normalized spacial score (nSPS) is 11.7. The highest BCUT2D eigenvalue weighted by molar-refractivity contribution is 7.89. The zero-order valence-electron chi connectivity index (χ0n) is 17.6. The molecule has 3 rings (SSSR count). The van der Waals surface area contributed by atoms with Crippen LogP contribution in [-0.2, 0) is 27.8 Å². The standard InChI is InChI=1S/C23H28N2O4S/c1-19-6-8-20(9-7-19)17-24-14-4-5-21(24)18-25(15-16-28-2)30(26,27)23-12-10-22(29-3)11-13-23/h4-14H,15-18H2,1-3H3. The molecular weight excluding hydrogens is 400 g/mol. The van der Waals surface area contributed by atoms with Crippen molar-refractivity contribution in [2.45, 2.75) is 24.9 Å². The highest BCUT2D eigenvalue weighted by Crippen LogP contribution is 2.22. The third kappa shape index (κ3) is 5.30. The van der Waals surface area contributed by atoms with Crippen LogP contribution < -0.4 is 4.74 Å². The molecule has 0 unspecified atom stereocenters. The van der Waals surface area contributed by atoms with Crippen LogP contribution in [0.3, 0.4) is 0 Å². The molecule has 0 saturated heterocycles. The van der Waals surface area contributed by atoms with Crippen molar-refractivity contribution in [3.8, 4) is 5.75 Å². The lowest BCUT2D eigenvalue weighted by atomic mass is 10.1. The summed E-state index contributed by atoms with van der Waals surface area (Å²) in [5.74, 6) is 0.615. The molecule has 6 nitrogen and oxygen atoms in total. The van der Waals surface area contributed by atoms with E-state index in [0.717, 1.165) is 5.69 Å². The van der Waals surface area contributed by atoms with E-state index in [1.807, 2.05) is 18.3 Å². The van der Waals surface area contributed by atoms with Gasteiger partial charge in [0.15, 0.2) is 0 Å². The predicted molar refractivity (Wildman–Crippen MR) is 117 cm³/mol. The lowest BCUT2D eigenvalue weighted by molar-refractivity contribution is 0.176. The summed E-state index contributed by atoms with van der Waals surface area (Å²) in [6.45, 7) is 3.58. The van der Waals surface area contributed by atoms with Gasteiger partial charge >= 0.3 is 0 Å². The third-order valence-electron chi connectivity index (χ3n) is 4.98. The molecular formula is C23H28N2O4S. The van der Waals surface area contributed by atoms with E-state index in [4.69, 9.17) is 9.47 Å². The van der Waals surface area contributed by atoms with Gasteiger partial charge in [-0.15, -0.1) is 0 Å². The quantitative estimate of drug-likeness (QED) is 0.494. The van der Waals surface area contributed by atoms with Gasteiger partial charge < -0.3 is 14.0 Å². The number of hydrogen-bond acceptors (Lipinski definition) is 4. The first kappa shape index (κ1) is 22.1. The van der Waals surface area contributed by atoms with Gasteiger partial charge in [0.25, 0.3) is 0 Å². The summed E-state index contributed by atoms with van der Waals surface area (Å²) in [6, 6.07) is 18.7. The molecule has 1 heterocycles. The molecule has 1 aromatic heterocycles. The Kier molecular flexibility index (Phi) is 7.31. The van der Waals surface area contributed by atoms with Crippen molar-refractivity contribution in [3.63, 3.8) is 0 Å². The Bertz CT molecular complexity index is 1040. The second-order valence-electron chi connectivity index (χ2n) is 7.12. The van der Waals surface area contributed by atoms with E-state index >= 15 is 0 Å². The number of ether oxygens (including phenoxy) is 2. The van der Waals surface area contributed by atoms with Crippen LogP contribution in [0.4, 0.5) is 0 Å². The number of aromatic nitrogens is 1. The van der Waals surface area contributed by atoms with E-state index < -0.39 is 10.0 Å². The molecule has 0 atom stereocenters. The molecule has 7 heteroatoms. The van der Waals surface area contributed by atoms with Gasteiger partial charge in [0.1, 0.15) is 5.75 Å². The lowest BCUT2D eigenvalue weighted by Crippen LogP contribution is -2.34. The monoisotopic (exact) mass is 428 g/mol. The Hall–Kier alpha value is -2.61. The number of aryl methyl sites for hydroxylation is 1. The van der Waals surface area contributed by atoms with Gasteiger partial charge in [-0.1, -0.05) is 29.8 Å². The summed E-state index contributed by atoms with van der Waals surface area (Å²) >= 11 is 0. The second kappa shape index (κ2) is 9.93. The molecule has 0 aliphatic heterocycles. The summed E-state index contributed by atoms with van der Waals surface area (Å²) in [5, 5.41) is 0. The first-order valence-electron chi connectivity index (χ1n) is 9.76. The summed E-state index contributed by atoms with van der Waals surface area (Å²) in [7, 11) is -0.565. The fraction of sp³-hybridized carbons (Fsp3) is 0.304. The van der Waals surface area contributed by atoms with E-state index in [-0.39, 0.29) is 18.0 Å². The van der Waals surface area contributed by atoms with Crippen molar-refractivity contribution < 1.29 is 17.9 Å². The van der Waals surface area contributed by atoms with Gasteiger partial charge in [0.2, 0.25) is 10.0 Å². The molecule has 0 aliphatic rings. The molecule has 0 radical (unpaired) electrons. The highest BCUT2D eigenvalue weighted by atomic mass is 32.2. The van der Waals surface area contributed by atoms with Crippen LogP contribution in [0.25, 0.3) is 0 Å². The molecule has 2 aromatic carbocycles. The Morgan fingerprint density at radius 1 is 0.967 bits per heavy atom. The minimum Gasteiger partial charge on any atom is -0.497 e. The van der Waals surface area contributed by atoms with Crippen molar-refractivity contribution >= 4 is 10.0 Å². The van der Waals surface area contributed by atoms with Crippen LogP contribution in [0.2, 0.25) is 0 Å². The van der Waals surface area contributed by atoms with Crippen LogP contribution in [0.15, 0.2) is 71.8 Å². The molecule has 0 aliphatic carbocycles. The van der Waals surface area contributed by atoms with E-state index in [0.29, 0.717) is 18.9 Å². The summed E-state index contributed by atoms with van der Waals surface area (Å²) < 4.78 is 40.4. The topological polar surface area (TPSA) is 60.8 Å². The third-order valence-corrected chi connectivity index (χ3v) is 6.84. The second-order valence-corrected chi connectivity index (χ2v) is 9.06. The van der Waals surface area contributed by atoms with E-state index in [9.17, 15) is 8.42 Å². The molecule has 0 spiro atoms. The SMILES string of the molecule is COCCN(Cc1cccn1Cc1ccc(C)cc1)S(=O)(=O)c1ccc(OC)cc1. The van der Waals surface area contributed by atoms with Crippen LogP contribution in [0.5, 0.6) is 5.75 Å². The molecule has 0 N–H and O–H groups in total. The zero-order valence-corrected chi connectivity index (χ0v) is 18.4. The van der Waals surface area contributed by atoms with Crippen molar-refractivity contribution in [3.05, 3.63) is 83.7 Å². The van der Waals surface area contributed by atoms with Gasteiger partial charge in [-0.3, -0.25) is 0 Å². The van der Waals surface area contributed by atoms with E-state index in [1.165, 1.54) is 15.4 Å². The van der Waals surface area contributed by atoms with Crippen molar-refractivity contribution in [1.29, 1.82) is 0 Å². The zero-order chi connectivity index (χ0) is 21.6. The molecule has 3 aromatic rings. The van der Waals surface area contributed by atoms with Crippen LogP contribution in [0, 0.1) is 6.92 Å². The van der Waals surface area contributed by atoms with Gasteiger partial charge in [-0.25, -0.2) is 8.42 Å². The molecule has 0 fully saturated rings. The predicted octanol–water partition coefficient (Wildman–Crippen LogP) is 3.69. The molecule has 0 bridgehead atoms. The minimum atomic E-state index is -3.69. The largest absolute Gasteiger partial charge is 0.497 e. The number of nitrogens with zero attached hydrogens (tertiary/aromatic N) is 2. The van der Waals surface area contributed by atoms with Gasteiger partial charge in [0, 0.05) is 32.1 Å². The van der Waals surface area contributed by atoms with E-state index in [1.54, 1.807) is 38.5 Å². The van der Waals surface area contributed by atoms with Crippen molar-refractivity contribution in [2.75, 3.05) is 27.4 Å². The van der Waals surface area contributed by atoms with Gasteiger partial charge in [-0.2, -0.15) is 4.31 Å². The lowest BCUT2D eigenvalue weighted by Gasteiger charge is -2.23. The summed E-state index contributed by atoms with van der Waals surface area (Å²) in [5.41, 5.74) is 3.30. The van der Waals surface area contributed by atoms with Crippen molar-refractivity contribution in [1.82, 2.24) is 8.87 Å². The Morgan fingerprint density at radius 3 is 2.30 bits per heavy atom. The fourth-order valence-electron chi connectivity index (χ4n) is 3.19. The summed E-state index contributed by atoms with van der Waals surface area (Å²) in [4.78, 5) is 0.232. The van der Waals surface area contributed by atoms with Crippen LogP contribution >= 0.6 is 0 Å². The molecule has 30 heavy (non-hydrogen) atoms. The number of rotatable bonds is 10. The number of benzene rings is 2. The number of sulfonamides is 1. The van der Waals surface area contributed by atoms with E-state index in [2.05, 4.69) is 35.8 Å². The smallest absolute Gasteiger partial charge is 0.243 e. The van der Waals surface area contributed by atoms with Crippen LogP contribution in [-0.4, -0.2) is 44.7 Å². The number of methoxy groups -OCH3 is 2. The molecule has 160 valence electrons. The maximum Gasteiger partial charge on any atom is 0.243 e. The maximum atomic E-state index is 13.3. The Balaban J connectivity index is 1.84. The fourth-order valence-corrected chi connectivity index (χ4v) is 4.59. The number of hydrogen-bond donors (Lipinski definition) is 0. The first-order valence-corrected chi connectivity index (χ1v) is 11.2. The van der Waals surface area contributed by atoms with Crippen molar-refractivity contribution in [2.24, 2.45) is 0 Å². The van der Waals surface area contributed by atoms with Gasteiger partial charge in [-0.05, 0) is 48.9 Å². The Morgan fingerprint density at radius 2 is 1.67 bits per heavy atom. The maximum absolute atomic E-state index is 13.3. The molecule has 0 saturated carbocycles. The van der Waals surface area contributed by atoms with Gasteiger partial charge in [0.05, 0.1) is 25.2 Å². The first-order chi connectivity index (χ1) is 14.4. The average Bonchev–Trinajstić information content (AvgIpc) is 3.19. The summed E-state index contributed by atoms with van der Waals surface area (Å²) in [6.07, 6.45) is 1.98. The Labute approximate surface area is 178 Å². The minimum absolute atomic E-state index is 0.232. The average molecular weight is 429 g/mol.